The van der Waals surface area contributed by atoms with Crippen molar-refractivity contribution in [3.8, 4) is 11.5 Å². The SMILES string of the molecule is COc1ccc(Cl)cc1NCC(=O)Nc1ccc(OCc2ccccc2)cc1. The van der Waals surface area contributed by atoms with Gasteiger partial charge in [-0.2, -0.15) is 0 Å². The van der Waals surface area contributed by atoms with E-state index in [1.807, 2.05) is 42.5 Å². The Balaban J connectivity index is 1.50. The first-order chi connectivity index (χ1) is 13.6. The van der Waals surface area contributed by atoms with Crippen molar-refractivity contribution >= 4 is 28.9 Å². The Kier molecular flexibility index (Phi) is 6.76. The summed E-state index contributed by atoms with van der Waals surface area (Å²) in [6.07, 6.45) is 0. The van der Waals surface area contributed by atoms with Gasteiger partial charge in [-0.15, -0.1) is 0 Å². The normalized spacial score (nSPS) is 10.2. The van der Waals surface area contributed by atoms with Gasteiger partial charge in [0.1, 0.15) is 18.1 Å². The molecule has 3 aromatic carbocycles. The van der Waals surface area contributed by atoms with Gasteiger partial charge in [0.05, 0.1) is 19.3 Å². The van der Waals surface area contributed by atoms with Crippen molar-refractivity contribution in [1.29, 1.82) is 0 Å². The molecule has 144 valence electrons. The average molecular weight is 397 g/mol. The summed E-state index contributed by atoms with van der Waals surface area (Å²) in [6.45, 7) is 0.584. The van der Waals surface area contributed by atoms with Gasteiger partial charge in [-0.05, 0) is 48.0 Å². The monoisotopic (exact) mass is 396 g/mol. The van der Waals surface area contributed by atoms with Crippen LogP contribution in [-0.4, -0.2) is 19.6 Å². The Hall–Kier alpha value is -3.18. The first-order valence-corrected chi connectivity index (χ1v) is 9.16. The van der Waals surface area contributed by atoms with E-state index in [1.165, 1.54) is 0 Å². The van der Waals surface area contributed by atoms with Gasteiger partial charge in [0, 0.05) is 10.7 Å². The maximum atomic E-state index is 12.2. The van der Waals surface area contributed by atoms with Crippen LogP contribution in [0, 0.1) is 0 Å². The zero-order chi connectivity index (χ0) is 19.8. The fourth-order valence-electron chi connectivity index (χ4n) is 2.57. The van der Waals surface area contributed by atoms with Crippen molar-refractivity contribution in [3.05, 3.63) is 83.4 Å². The Labute approximate surface area is 169 Å². The van der Waals surface area contributed by atoms with Gasteiger partial charge in [-0.1, -0.05) is 41.9 Å². The number of halogens is 1. The molecule has 2 N–H and O–H groups in total. The van der Waals surface area contributed by atoms with Crippen molar-refractivity contribution in [2.24, 2.45) is 0 Å². The van der Waals surface area contributed by atoms with E-state index in [9.17, 15) is 4.79 Å². The highest BCUT2D eigenvalue weighted by Gasteiger charge is 2.07. The average Bonchev–Trinajstić information content (AvgIpc) is 2.72. The van der Waals surface area contributed by atoms with E-state index in [-0.39, 0.29) is 12.5 Å². The van der Waals surface area contributed by atoms with Crippen LogP contribution in [0.15, 0.2) is 72.8 Å². The molecule has 0 atom stereocenters. The van der Waals surface area contributed by atoms with E-state index in [0.717, 1.165) is 11.3 Å². The summed E-state index contributed by atoms with van der Waals surface area (Å²) in [5.74, 6) is 1.18. The minimum atomic E-state index is -0.181. The first-order valence-electron chi connectivity index (χ1n) is 8.78. The Morgan fingerprint density at radius 1 is 1.00 bits per heavy atom. The predicted octanol–water partition coefficient (Wildman–Crippen LogP) is 4.98. The summed E-state index contributed by atoms with van der Waals surface area (Å²) < 4.78 is 11.0. The third-order valence-electron chi connectivity index (χ3n) is 3.99. The minimum absolute atomic E-state index is 0.0863. The van der Waals surface area contributed by atoms with Crippen molar-refractivity contribution in [2.75, 3.05) is 24.3 Å². The van der Waals surface area contributed by atoms with E-state index < -0.39 is 0 Å². The number of ether oxygens (including phenoxy) is 2. The fraction of sp³-hybridized carbons (Fsp3) is 0.136. The van der Waals surface area contributed by atoms with Crippen LogP contribution < -0.4 is 20.1 Å². The number of rotatable bonds is 8. The lowest BCUT2D eigenvalue weighted by Gasteiger charge is -2.12. The molecular formula is C22H21ClN2O3. The van der Waals surface area contributed by atoms with Crippen molar-refractivity contribution < 1.29 is 14.3 Å². The predicted molar refractivity (Wildman–Crippen MR) is 112 cm³/mol. The minimum Gasteiger partial charge on any atom is -0.495 e. The van der Waals surface area contributed by atoms with Gasteiger partial charge in [0.15, 0.2) is 0 Å². The summed E-state index contributed by atoms with van der Waals surface area (Å²) in [4.78, 5) is 12.2. The number of hydrogen-bond acceptors (Lipinski definition) is 4. The molecule has 0 saturated carbocycles. The number of methoxy groups -OCH3 is 1. The van der Waals surface area contributed by atoms with Crippen LogP contribution in [0.2, 0.25) is 5.02 Å². The lowest BCUT2D eigenvalue weighted by Crippen LogP contribution is -2.21. The molecule has 3 rings (SSSR count). The zero-order valence-corrected chi connectivity index (χ0v) is 16.2. The van der Waals surface area contributed by atoms with Gasteiger partial charge >= 0.3 is 0 Å². The molecule has 0 radical (unpaired) electrons. The van der Waals surface area contributed by atoms with E-state index in [2.05, 4.69) is 10.6 Å². The zero-order valence-electron chi connectivity index (χ0n) is 15.4. The highest BCUT2D eigenvalue weighted by atomic mass is 35.5. The van der Waals surface area contributed by atoms with E-state index in [1.54, 1.807) is 37.4 Å². The van der Waals surface area contributed by atoms with Crippen LogP contribution in [0.25, 0.3) is 0 Å². The number of benzene rings is 3. The molecule has 0 spiro atoms. The quantitative estimate of drug-likeness (QED) is 0.563. The summed E-state index contributed by atoms with van der Waals surface area (Å²) in [6, 6.07) is 22.4. The molecule has 5 nitrogen and oxygen atoms in total. The summed E-state index contributed by atoms with van der Waals surface area (Å²) in [5, 5.41) is 6.43. The smallest absolute Gasteiger partial charge is 0.243 e. The number of carbonyl (C=O) groups excluding carboxylic acids is 1. The van der Waals surface area contributed by atoms with Crippen molar-refractivity contribution in [3.63, 3.8) is 0 Å². The second kappa shape index (κ2) is 9.67. The second-order valence-electron chi connectivity index (χ2n) is 6.04. The lowest BCUT2D eigenvalue weighted by atomic mass is 10.2. The van der Waals surface area contributed by atoms with Crippen LogP contribution in [0.5, 0.6) is 11.5 Å². The molecule has 28 heavy (non-hydrogen) atoms. The molecule has 1 amide bonds. The van der Waals surface area contributed by atoms with Crippen LogP contribution in [0.1, 0.15) is 5.56 Å². The van der Waals surface area contributed by atoms with Crippen LogP contribution in [0.3, 0.4) is 0 Å². The molecule has 0 aromatic heterocycles. The summed E-state index contributed by atoms with van der Waals surface area (Å²) in [5.41, 5.74) is 2.45. The molecule has 0 unspecified atom stereocenters. The second-order valence-corrected chi connectivity index (χ2v) is 6.48. The topological polar surface area (TPSA) is 59.6 Å². The summed E-state index contributed by atoms with van der Waals surface area (Å²) >= 11 is 5.99. The van der Waals surface area contributed by atoms with E-state index in [4.69, 9.17) is 21.1 Å². The molecule has 0 aliphatic rings. The van der Waals surface area contributed by atoms with Crippen molar-refractivity contribution in [2.45, 2.75) is 6.61 Å². The van der Waals surface area contributed by atoms with E-state index in [0.29, 0.717) is 28.8 Å². The summed E-state index contributed by atoms with van der Waals surface area (Å²) in [7, 11) is 1.57. The molecule has 3 aromatic rings. The van der Waals surface area contributed by atoms with Crippen LogP contribution in [0.4, 0.5) is 11.4 Å². The number of carbonyl (C=O) groups is 1. The van der Waals surface area contributed by atoms with Gasteiger partial charge in [0.2, 0.25) is 5.91 Å². The number of anilines is 2. The molecule has 0 aliphatic heterocycles. The fourth-order valence-corrected chi connectivity index (χ4v) is 2.75. The highest BCUT2D eigenvalue weighted by Crippen LogP contribution is 2.27. The largest absolute Gasteiger partial charge is 0.495 e. The molecule has 6 heteroatoms. The number of hydrogen-bond donors (Lipinski definition) is 2. The van der Waals surface area contributed by atoms with Crippen LogP contribution >= 0.6 is 11.6 Å². The number of nitrogens with one attached hydrogen (secondary N) is 2. The molecule has 0 bridgehead atoms. The molecule has 0 saturated heterocycles. The Morgan fingerprint density at radius 2 is 1.75 bits per heavy atom. The third-order valence-corrected chi connectivity index (χ3v) is 4.22. The molecular weight excluding hydrogens is 376 g/mol. The van der Waals surface area contributed by atoms with Gasteiger partial charge < -0.3 is 20.1 Å². The Bertz CT molecular complexity index is 915. The maximum absolute atomic E-state index is 12.2. The molecule has 0 fully saturated rings. The van der Waals surface area contributed by atoms with Gasteiger partial charge in [-0.3, -0.25) is 4.79 Å². The number of amides is 1. The molecule has 0 aliphatic carbocycles. The van der Waals surface area contributed by atoms with Gasteiger partial charge in [-0.25, -0.2) is 0 Å². The van der Waals surface area contributed by atoms with Crippen molar-refractivity contribution in [1.82, 2.24) is 0 Å². The van der Waals surface area contributed by atoms with E-state index >= 15 is 0 Å². The lowest BCUT2D eigenvalue weighted by molar-refractivity contribution is -0.114. The Morgan fingerprint density at radius 3 is 2.46 bits per heavy atom. The third kappa shape index (κ3) is 5.66. The standard InChI is InChI=1S/C22H21ClN2O3/c1-27-21-12-7-17(23)13-20(21)24-14-22(26)25-18-8-10-19(11-9-18)28-15-16-5-3-2-4-6-16/h2-13,24H,14-15H2,1H3,(H,25,26). The van der Waals surface area contributed by atoms with Crippen LogP contribution in [-0.2, 0) is 11.4 Å². The maximum Gasteiger partial charge on any atom is 0.243 e. The first kappa shape index (κ1) is 19.6. The van der Waals surface area contributed by atoms with Gasteiger partial charge in [0.25, 0.3) is 0 Å². The molecule has 0 heterocycles. The highest BCUT2D eigenvalue weighted by molar-refractivity contribution is 6.30.